The number of rotatable bonds is 4. The number of benzene rings is 2. The summed E-state index contributed by atoms with van der Waals surface area (Å²) >= 11 is 5.93. The van der Waals surface area contributed by atoms with Crippen LogP contribution in [-0.4, -0.2) is 0 Å². The van der Waals surface area contributed by atoms with Crippen LogP contribution < -0.4 is 5.32 Å². The first kappa shape index (κ1) is 14.0. The van der Waals surface area contributed by atoms with E-state index in [-0.39, 0.29) is 16.9 Å². The van der Waals surface area contributed by atoms with Crippen LogP contribution in [0.15, 0.2) is 42.5 Å². The molecule has 1 atom stereocenters. The van der Waals surface area contributed by atoms with E-state index in [1.165, 1.54) is 17.2 Å². The highest BCUT2D eigenvalue weighted by Crippen LogP contribution is 2.21. The molecular weight excluding hydrogens is 261 g/mol. The smallest absolute Gasteiger partial charge is 0.142 e. The molecule has 0 spiro atoms. The van der Waals surface area contributed by atoms with Gasteiger partial charge >= 0.3 is 0 Å². The van der Waals surface area contributed by atoms with E-state index in [0.29, 0.717) is 6.54 Å². The van der Waals surface area contributed by atoms with E-state index >= 15 is 0 Å². The Bertz CT molecular complexity index is 551. The highest BCUT2D eigenvalue weighted by Gasteiger charge is 2.08. The van der Waals surface area contributed by atoms with Crippen LogP contribution in [0.2, 0.25) is 5.02 Å². The lowest BCUT2D eigenvalue weighted by Gasteiger charge is -2.15. The lowest BCUT2D eigenvalue weighted by Crippen LogP contribution is -2.18. The average Bonchev–Trinajstić information content (AvgIpc) is 2.41. The van der Waals surface area contributed by atoms with Gasteiger partial charge in [0.25, 0.3) is 0 Å². The number of aryl methyl sites for hydroxylation is 1. The molecule has 0 radical (unpaired) electrons. The molecule has 3 heteroatoms. The van der Waals surface area contributed by atoms with Crippen LogP contribution in [0.25, 0.3) is 0 Å². The van der Waals surface area contributed by atoms with Crippen molar-refractivity contribution < 1.29 is 4.39 Å². The van der Waals surface area contributed by atoms with Crippen LogP contribution in [-0.2, 0) is 6.54 Å². The van der Waals surface area contributed by atoms with Gasteiger partial charge in [-0.2, -0.15) is 0 Å². The minimum atomic E-state index is -0.371. The summed E-state index contributed by atoms with van der Waals surface area (Å²) in [7, 11) is 0. The van der Waals surface area contributed by atoms with E-state index in [1.807, 2.05) is 6.07 Å². The molecule has 19 heavy (non-hydrogen) atoms. The van der Waals surface area contributed by atoms with Crippen molar-refractivity contribution in [3.8, 4) is 0 Å². The summed E-state index contributed by atoms with van der Waals surface area (Å²) in [4.78, 5) is 0. The summed E-state index contributed by atoms with van der Waals surface area (Å²) in [5, 5.41) is 3.55. The third-order valence-corrected chi connectivity index (χ3v) is 3.63. The second kappa shape index (κ2) is 6.18. The molecule has 0 aliphatic carbocycles. The predicted molar refractivity (Wildman–Crippen MR) is 77.8 cm³/mol. The van der Waals surface area contributed by atoms with Gasteiger partial charge in [0.2, 0.25) is 0 Å². The summed E-state index contributed by atoms with van der Waals surface area (Å²) in [6.45, 7) is 4.69. The molecule has 100 valence electrons. The van der Waals surface area contributed by atoms with E-state index in [1.54, 1.807) is 6.07 Å². The molecule has 0 fully saturated rings. The molecule has 2 rings (SSSR count). The quantitative estimate of drug-likeness (QED) is 0.858. The molecule has 2 aromatic rings. The minimum absolute atomic E-state index is 0.194. The van der Waals surface area contributed by atoms with Gasteiger partial charge in [-0.05, 0) is 31.0 Å². The van der Waals surface area contributed by atoms with Gasteiger partial charge in [-0.25, -0.2) is 4.39 Å². The third kappa shape index (κ3) is 3.55. The Hall–Kier alpha value is -1.38. The first-order valence-corrected chi connectivity index (χ1v) is 6.68. The topological polar surface area (TPSA) is 12.0 Å². The van der Waals surface area contributed by atoms with Crippen LogP contribution >= 0.6 is 11.6 Å². The maximum absolute atomic E-state index is 13.3. The number of halogens is 2. The molecule has 0 bridgehead atoms. The van der Waals surface area contributed by atoms with Crippen molar-refractivity contribution in [1.29, 1.82) is 0 Å². The Labute approximate surface area is 118 Å². The fourth-order valence-corrected chi connectivity index (χ4v) is 2.11. The van der Waals surface area contributed by atoms with Gasteiger partial charge in [-0.3, -0.25) is 0 Å². The largest absolute Gasteiger partial charge is 0.306 e. The number of nitrogens with one attached hydrogen (secondary N) is 1. The second-order valence-electron chi connectivity index (χ2n) is 4.73. The first-order chi connectivity index (χ1) is 9.08. The molecule has 0 saturated carbocycles. The normalized spacial score (nSPS) is 12.4. The first-order valence-electron chi connectivity index (χ1n) is 6.31. The van der Waals surface area contributed by atoms with Gasteiger partial charge in [0, 0.05) is 12.6 Å². The summed E-state index contributed by atoms with van der Waals surface area (Å²) in [5.41, 5.74) is 3.22. The van der Waals surface area contributed by atoms with Crippen LogP contribution in [0, 0.1) is 12.7 Å². The molecule has 1 N–H and O–H groups in total. The maximum Gasteiger partial charge on any atom is 0.142 e. The van der Waals surface area contributed by atoms with E-state index in [0.717, 1.165) is 5.56 Å². The van der Waals surface area contributed by atoms with Gasteiger partial charge < -0.3 is 5.32 Å². The number of hydrogen-bond donors (Lipinski definition) is 1. The average molecular weight is 278 g/mol. The third-order valence-electron chi connectivity index (χ3n) is 3.21. The zero-order valence-electron chi connectivity index (χ0n) is 11.1. The van der Waals surface area contributed by atoms with Gasteiger partial charge in [0.1, 0.15) is 5.82 Å². The molecule has 1 unspecified atom stereocenters. The molecular formula is C16H17ClFN. The Morgan fingerprint density at radius 1 is 1.16 bits per heavy atom. The Balaban J connectivity index is 2.02. The fourth-order valence-electron chi connectivity index (χ4n) is 1.92. The van der Waals surface area contributed by atoms with Crippen molar-refractivity contribution in [2.24, 2.45) is 0 Å². The van der Waals surface area contributed by atoms with Crippen molar-refractivity contribution in [2.75, 3.05) is 0 Å². The summed E-state index contributed by atoms with van der Waals surface area (Å²) < 4.78 is 13.3. The SMILES string of the molecule is Cc1ccc(C(C)NCc2cccc(F)c2Cl)cc1. The Kier molecular flexibility index (Phi) is 4.56. The number of hydrogen-bond acceptors (Lipinski definition) is 1. The second-order valence-corrected chi connectivity index (χ2v) is 5.10. The zero-order chi connectivity index (χ0) is 13.8. The molecule has 0 aromatic heterocycles. The molecule has 0 saturated heterocycles. The van der Waals surface area contributed by atoms with E-state index in [2.05, 4.69) is 43.4 Å². The van der Waals surface area contributed by atoms with Crippen molar-refractivity contribution >= 4 is 11.6 Å². The molecule has 2 aromatic carbocycles. The van der Waals surface area contributed by atoms with E-state index in [9.17, 15) is 4.39 Å². The Morgan fingerprint density at radius 3 is 2.53 bits per heavy atom. The Morgan fingerprint density at radius 2 is 1.84 bits per heavy atom. The maximum atomic E-state index is 13.3. The van der Waals surface area contributed by atoms with E-state index in [4.69, 9.17) is 11.6 Å². The highest BCUT2D eigenvalue weighted by molar-refractivity contribution is 6.31. The lowest BCUT2D eigenvalue weighted by molar-refractivity contribution is 0.569. The van der Waals surface area contributed by atoms with Gasteiger partial charge in [-0.15, -0.1) is 0 Å². The summed E-state index contributed by atoms with van der Waals surface area (Å²) in [6, 6.07) is 13.4. The lowest BCUT2D eigenvalue weighted by atomic mass is 10.1. The van der Waals surface area contributed by atoms with Crippen molar-refractivity contribution in [1.82, 2.24) is 5.32 Å². The monoisotopic (exact) mass is 277 g/mol. The molecule has 0 amide bonds. The van der Waals surface area contributed by atoms with Gasteiger partial charge in [0.05, 0.1) is 5.02 Å². The summed E-state index contributed by atoms with van der Waals surface area (Å²) in [5.74, 6) is -0.371. The van der Waals surface area contributed by atoms with Crippen molar-refractivity contribution in [2.45, 2.75) is 26.4 Å². The standard InChI is InChI=1S/C16H17ClFN/c1-11-6-8-13(9-7-11)12(2)19-10-14-4-3-5-15(18)16(14)17/h3-9,12,19H,10H2,1-2H3. The van der Waals surface area contributed by atoms with Crippen LogP contribution in [0.3, 0.4) is 0 Å². The van der Waals surface area contributed by atoms with E-state index < -0.39 is 0 Å². The molecule has 1 nitrogen and oxygen atoms in total. The highest BCUT2D eigenvalue weighted by atomic mass is 35.5. The van der Waals surface area contributed by atoms with Crippen LogP contribution in [0.5, 0.6) is 0 Å². The summed E-state index contributed by atoms with van der Waals surface area (Å²) in [6.07, 6.45) is 0. The molecule has 0 aliphatic heterocycles. The zero-order valence-corrected chi connectivity index (χ0v) is 11.8. The van der Waals surface area contributed by atoms with Crippen molar-refractivity contribution in [3.05, 3.63) is 70.0 Å². The van der Waals surface area contributed by atoms with Gasteiger partial charge in [0.15, 0.2) is 0 Å². The van der Waals surface area contributed by atoms with Gasteiger partial charge in [-0.1, -0.05) is 53.6 Å². The fraction of sp³-hybridized carbons (Fsp3) is 0.250. The van der Waals surface area contributed by atoms with Crippen LogP contribution in [0.4, 0.5) is 4.39 Å². The predicted octanol–water partition coefficient (Wildman–Crippen LogP) is 4.64. The minimum Gasteiger partial charge on any atom is -0.306 e. The van der Waals surface area contributed by atoms with Crippen molar-refractivity contribution in [3.63, 3.8) is 0 Å². The molecule has 0 aliphatic rings. The van der Waals surface area contributed by atoms with Crippen LogP contribution in [0.1, 0.15) is 29.7 Å². The molecule has 0 heterocycles.